The van der Waals surface area contributed by atoms with Gasteiger partial charge in [0.1, 0.15) is 21.2 Å². The van der Waals surface area contributed by atoms with Crippen LogP contribution in [0.3, 0.4) is 0 Å². The SMILES string of the molecule is Cc1cc(Oc2ccccc2)ccc1N1C(=O)Nc2c(C(=O)N=C3CCCC[C@H]3N)sc3nccc1c23. The minimum atomic E-state index is -0.386. The van der Waals surface area contributed by atoms with Crippen LogP contribution in [-0.4, -0.2) is 28.7 Å². The number of aromatic nitrogens is 1. The summed E-state index contributed by atoms with van der Waals surface area (Å²) in [6.45, 7) is 1.93. The van der Waals surface area contributed by atoms with Gasteiger partial charge >= 0.3 is 6.03 Å². The highest BCUT2D eigenvalue weighted by molar-refractivity contribution is 7.21. The Morgan fingerprint density at radius 2 is 1.97 bits per heavy atom. The second-order valence-electron chi connectivity index (χ2n) is 9.21. The summed E-state index contributed by atoms with van der Waals surface area (Å²) in [5.74, 6) is 1.02. The molecule has 3 heterocycles. The molecule has 0 saturated heterocycles. The number of hydrogen-bond acceptors (Lipinski definition) is 6. The number of nitrogens with one attached hydrogen (secondary N) is 1. The van der Waals surface area contributed by atoms with Crippen LogP contribution in [-0.2, 0) is 0 Å². The lowest BCUT2D eigenvalue weighted by Crippen LogP contribution is -2.35. The molecule has 3 N–H and O–H groups in total. The molecule has 186 valence electrons. The fourth-order valence-corrected chi connectivity index (χ4v) is 5.89. The van der Waals surface area contributed by atoms with Crippen LogP contribution >= 0.6 is 11.3 Å². The lowest BCUT2D eigenvalue weighted by atomic mass is 9.94. The zero-order valence-corrected chi connectivity index (χ0v) is 21.0. The number of benzene rings is 2. The maximum Gasteiger partial charge on any atom is 0.331 e. The Bertz CT molecular complexity index is 1560. The highest BCUT2D eigenvalue weighted by Crippen LogP contribution is 2.46. The molecule has 0 radical (unpaired) electrons. The third-order valence-corrected chi connectivity index (χ3v) is 7.79. The van der Waals surface area contributed by atoms with Gasteiger partial charge in [-0.1, -0.05) is 24.6 Å². The molecule has 2 aliphatic rings. The molecule has 3 amide bonds. The number of rotatable bonds is 4. The van der Waals surface area contributed by atoms with Crippen LogP contribution in [0.1, 0.15) is 40.9 Å². The number of urea groups is 1. The highest BCUT2D eigenvalue weighted by atomic mass is 32.1. The smallest absolute Gasteiger partial charge is 0.331 e. The minimum absolute atomic E-state index is 0.195. The monoisotopic (exact) mass is 511 g/mol. The molecule has 4 aromatic rings. The molecule has 1 aliphatic heterocycles. The Balaban J connectivity index is 1.37. The maximum absolute atomic E-state index is 13.4. The number of aryl methyl sites for hydroxylation is 1. The third-order valence-electron chi connectivity index (χ3n) is 6.70. The summed E-state index contributed by atoms with van der Waals surface area (Å²) in [7, 11) is 0. The van der Waals surface area contributed by atoms with Crippen molar-refractivity contribution in [2.24, 2.45) is 10.7 Å². The molecule has 2 aromatic carbocycles. The third kappa shape index (κ3) is 4.26. The average Bonchev–Trinajstić information content (AvgIpc) is 3.26. The number of thiophene rings is 1. The van der Waals surface area contributed by atoms with Gasteiger partial charge in [-0.05, 0) is 68.1 Å². The summed E-state index contributed by atoms with van der Waals surface area (Å²) >= 11 is 1.24. The maximum atomic E-state index is 13.4. The second kappa shape index (κ2) is 9.42. The summed E-state index contributed by atoms with van der Waals surface area (Å²) in [5, 5.41) is 3.67. The molecule has 37 heavy (non-hydrogen) atoms. The summed E-state index contributed by atoms with van der Waals surface area (Å²) < 4.78 is 5.96. The Morgan fingerprint density at radius 1 is 1.14 bits per heavy atom. The van der Waals surface area contributed by atoms with Crippen molar-refractivity contribution >= 4 is 56.3 Å². The van der Waals surface area contributed by atoms with E-state index in [-0.39, 0.29) is 18.0 Å². The van der Waals surface area contributed by atoms with Gasteiger partial charge in [0.15, 0.2) is 0 Å². The Kier molecular flexibility index (Phi) is 5.94. The fraction of sp³-hybridized carbons (Fsp3) is 0.214. The van der Waals surface area contributed by atoms with Gasteiger partial charge < -0.3 is 15.8 Å². The standard InChI is InChI=1S/C28H25N5O3S/c1-16-15-18(36-17-7-3-2-4-8-17)11-12-21(16)33-22-13-14-30-27-23(22)24(32-28(33)35)25(37-27)26(34)31-20-10-6-5-9-19(20)29/h2-4,7-8,11-15,19H,5-6,9-10,29H2,1H3,(H,32,35)/t19-/m1/s1. The van der Waals surface area contributed by atoms with E-state index in [0.717, 1.165) is 48.1 Å². The number of nitrogens with zero attached hydrogens (tertiary/aromatic N) is 3. The van der Waals surface area contributed by atoms with Crippen LogP contribution in [0.15, 0.2) is 65.8 Å². The first-order valence-electron chi connectivity index (χ1n) is 12.2. The van der Waals surface area contributed by atoms with Crippen molar-refractivity contribution in [2.45, 2.75) is 38.6 Å². The van der Waals surface area contributed by atoms with Crippen molar-refractivity contribution < 1.29 is 14.3 Å². The molecular formula is C28H25N5O3S. The molecule has 0 unspecified atom stereocenters. The van der Waals surface area contributed by atoms with Crippen LogP contribution in [0.2, 0.25) is 0 Å². The number of carbonyl (C=O) groups is 2. The van der Waals surface area contributed by atoms with E-state index in [1.807, 2.05) is 55.5 Å². The molecule has 0 spiro atoms. The molecule has 1 saturated carbocycles. The van der Waals surface area contributed by atoms with Crippen molar-refractivity contribution in [3.8, 4) is 11.5 Å². The first kappa shape index (κ1) is 23.3. The number of para-hydroxylation sites is 1. The van der Waals surface area contributed by atoms with Crippen LogP contribution in [0.25, 0.3) is 10.2 Å². The molecule has 0 bridgehead atoms. The zero-order chi connectivity index (χ0) is 25.5. The Hall–Kier alpha value is -4.08. The normalized spacial score (nSPS) is 18.2. The summed E-state index contributed by atoms with van der Waals surface area (Å²) in [6.07, 6.45) is 5.23. The summed E-state index contributed by atoms with van der Waals surface area (Å²) in [5.41, 5.74) is 9.61. The lowest BCUT2D eigenvalue weighted by molar-refractivity contribution is 0.101. The van der Waals surface area contributed by atoms with E-state index in [1.54, 1.807) is 17.2 Å². The molecule has 6 rings (SSSR count). The Morgan fingerprint density at radius 3 is 2.76 bits per heavy atom. The van der Waals surface area contributed by atoms with Gasteiger partial charge in [-0.25, -0.2) is 14.8 Å². The van der Waals surface area contributed by atoms with Crippen LogP contribution in [0.4, 0.5) is 21.9 Å². The molecule has 2 aromatic heterocycles. The zero-order valence-electron chi connectivity index (χ0n) is 20.2. The van der Waals surface area contributed by atoms with Gasteiger partial charge in [0.05, 0.1) is 22.4 Å². The van der Waals surface area contributed by atoms with Crippen LogP contribution in [0.5, 0.6) is 11.5 Å². The van der Waals surface area contributed by atoms with Crippen molar-refractivity contribution in [3.05, 3.63) is 71.2 Å². The van der Waals surface area contributed by atoms with E-state index in [9.17, 15) is 9.59 Å². The predicted octanol–water partition coefficient (Wildman–Crippen LogP) is 6.56. The van der Waals surface area contributed by atoms with E-state index in [2.05, 4.69) is 15.3 Å². The van der Waals surface area contributed by atoms with Crippen LogP contribution in [0, 0.1) is 6.92 Å². The number of nitrogens with two attached hydrogens (primary N) is 1. The average molecular weight is 512 g/mol. The molecule has 1 fully saturated rings. The molecular weight excluding hydrogens is 486 g/mol. The van der Waals surface area contributed by atoms with Crippen LogP contribution < -0.4 is 20.7 Å². The quantitative estimate of drug-likeness (QED) is 0.322. The topological polar surface area (TPSA) is 110 Å². The van der Waals surface area contributed by atoms with Crippen molar-refractivity contribution in [1.29, 1.82) is 0 Å². The minimum Gasteiger partial charge on any atom is -0.457 e. The van der Waals surface area contributed by atoms with E-state index < -0.39 is 0 Å². The first-order valence-corrected chi connectivity index (χ1v) is 13.0. The van der Waals surface area contributed by atoms with Crippen molar-refractivity contribution in [1.82, 2.24) is 4.98 Å². The lowest BCUT2D eigenvalue weighted by Gasteiger charge is -2.29. The van der Waals surface area contributed by atoms with Gasteiger partial charge in [0.2, 0.25) is 0 Å². The fourth-order valence-electron chi connectivity index (χ4n) is 4.88. The summed E-state index contributed by atoms with van der Waals surface area (Å²) in [6, 6.07) is 16.4. The molecule has 1 aliphatic carbocycles. The molecule has 8 nitrogen and oxygen atoms in total. The summed E-state index contributed by atoms with van der Waals surface area (Å²) in [4.78, 5) is 38.1. The van der Waals surface area contributed by atoms with Gasteiger partial charge in [-0.2, -0.15) is 0 Å². The number of hydrogen-bond donors (Lipinski definition) is 2. The van der Waals surface area contributed by atoms with E-state index in [1.165, 1.54) is 11.3 Å². The predicted molar refractivity (Wildman–Crippen MR) is 147 cm³/mol. The first-order chi connectivity index (χ1) is 18.0. The molecule has 1 atom stereocenters. The number of aliphatic imine (C=N–C) groups is 1. The van der Waals surface area contributed by atoms with E-state index in [4.69, 9.17) is 10.5 Å². The Labute approximate surface area is 217 Å². The molecule has 9 heteroatoms. The highest BCUT2D eigenvalue weighted by Gasteiger charge is 2.33. The largest absolute Gasteiger partial charge is 0.457 e. The van der Waals surface area contributed by atoms with E-state index in [0.29, 0.717) is 32.5 Å². The van der Waals surface area contributed by atoms with Crippen molar-refractivity contribution in [2.75, 3.05) is 10.2 Å². The number of amides is 3. The van der Waals surface area contributed by atoms with E-state index >= 15 is 0 Å². The van der Waals surface area contributed by atoms with Gasteiger partial charge in [-0.15, -0.1) is 11.3 Å². The number of pyridine rings is 1. The van der Waals surface area contributed by atoms with Gasteiger partial charge in [0.25, 0.3) is 5.91 Å². The number of carbonyl (C=O) groups excluding carboxylic acids is 2. The second-order valence-corrected chi connectivity index (χ2v) is 10.2. The van der Waals surface area contributed by atoms with Gasteiger partial charge in [-0.3, -0.25) is 9.69 Å². The number of anilines is 3. The van der Waals surface area contributed by atoms with Gasteiger partial charge in [0, 0.05) is 18.0 Å². The number of ether oxygens (including phenoxy) is 1. The van der Waals surface area contributed by atoms with Crippen molar-refractivity contribution in [3.63, 3.8) is 0 Å².